The van der Waals surface area contributed by atoms with Crippen molar-refractivity contribution in [3.05, 3.63) is 54.0 Å². The van der Waals surface area contributed by atoms with E-state index in [0.29, 0.717) is 18.9 Å². The summed E-state index contributed by atoms with van der Waals surface area (Å²) in [6.07, 6.45) is 1.85. The fraction of sp³-hybridized carbons (Fsp3) is 0.294. The molecule has 0 unspecified atom stereocenters. The average molecular weight is 315 g/mol. The largest absolute Gasteiger partial charge is 0.378 e. The third-order valence-electron chi connectivity index (χ3n) is 3.64. The molecule has 1 N–H and O–H groups in total. The molecule has 1 saturated heterocycles. The smallest absolute Gasteiger partial charge is 0.228 e. The van der Waals surface area contributed by atoms with Crippen LogP contribution in [0.4, 0.5) is 15.9 Å². The predicted molar refractivity (Wildman–Crippen MR) is 86.0 cm³/mol. The fourth-order valence-corrected chi connectivity index (χ4v) is 2.43. The molecule has 120 valence electrons. The molecule has 5 nitrogen and oxygen atoms in total. The summed E-state index contributed by atoms with van der Waals surface area (Å²) in [6.45, 7) is 3.06. The summed E-state index contributed by atoms with van der Waals surface area (Å²) in [4.78, 5) is 18.5. The van der Waals surface area contributed by atoms with Gasteiger partial charge in [0, 0.05) is 13.1 Å². The monoisotopic (exact) mass is 315 g/mol. The van der Waals surface area contributed by atoms with E-state index >= 15 is 0 Å². The minimum atomic E-state index is -0.308. The number of nitrogens with one attached hydrogen (secondary N) is 1. The number of amides is 1. The summed E-state index contributed by atoms with van der Waals surface area (Å²) in [7, 11) is 0. The molecule has 0 spiro atoms. The van der Waals surface area contributed by atoms with Gasteiger partial charge >= 0.3 is 0 Å². The second-order valence-corrected chi connectivity index (χ2v) is 5.36. The topological polar surface area (TPSA) is 54.5 Å². The number of hydrogen-bond acceptors (Lipinski definition) is 4. The highest BCUT2D eigenvalue weighted by atomic mass is 19.1. The summed E-state index contributed by atoms with van der Waals surface area (Å²) < 4.78 is 18.2. The van der Waals surface area contributed by atoms with E-state index < -0.39 is 0 Å². The number of rotatable bonds is 4. The van der Waals surface area contributed by atoms with Crippen molar-refractivity contribution < 1.29 is 13.9 Å². The maximum absolute atomic E-state index is 12.8. The van der Waals surface area contributed by atoms with Crippen molar-refractivity contribution in [2.45, 2.75) is 6.42 Å². The zero-order valence-corrected chi connectivity index (χ0v) is 12.7. The maximum Gasteiger partial charge on any atom is 0.228 e. The third kappa shape index (κ3) is 4.26. The Bertz CT molecular complexity index is 653. The van der Waals surface area contributed by atoms with Crippen LogP contribution in [-0.4, -0.2) is 37.2 Å². The predicted octanol–water partition coefficient (Wildman–Crippen LogP) is 2.24. The highest BCUT2D eigenvalue weighted by Gasteiger charge is 2.12. The van der Waals surface area contributed by atoms with Crippen LogP contribution in [0.2, 0.25) is 0 Å². The number of carbonyl (C=O) groups excluding carboxylic acids is 1. The number of nitrogens with zero attached hydrogens (tertiary/aromatic N) is 2. The first kappa shape index (κ1) is 15.4. The number of carbonyl (C=O) groups is 1. The second kappa shape index (κ2) is 7.19. The fourth-order valence-electron chi connectivity index (χ4n) is 2.43. The molecule has 2 heterocycles. The molecule has 1 fully saturated rings. The van der Waals surface area contributed by atoms with E-state index in [-0.39, 0.29) is 18.1 Å². The lowest BCUT2D eigenvalue weighted by Crippen LogP contribution is -2.36. The van der Waals surface area contributed by atoms with Crippen LogP contribution in [0.25, 0.3) is 0 Å². The van der Waals surface area contributed by atoms with Gasteiger partial charge in [0.15, 0.2) is 0 Å². The van der Waals surface area contributed by atoms with Gasteiger partial charge in [0.1, 0.15) is 11.6 Å². The quantitative estimate of drug-likeness (QED) is 0.940. The van der Waals surface area contributed by atoms with Crippen LogP contribution >= 0.6 is 0 Å². The van der Waals surface area contributed by atoms with Gasteiger partial charge in [0.25, 0.3) is 0 Å². The van der Waals surface area contributed by atoms with Crippen LogP contribution in [0.5, 0.6) is 0 Å². The van der Waals surface area contributed by atoms with Gasteiger partial charge in [-0.2, -0.15) is 0 Å². The zero-order chi connectivity index (χ0) is 16.1. The SMILES string of the molecule is O=C(Cc1ccc(F)cc1)Nc1ccc(N2CCOCC2)nc1. The molecule has 1 aromatic carbocycles. The van der Waals surface area contributed by atoms with Crippen LogP contribution in [0, 0.1) is 5.82 Å². The molecule has 0 bridgehead atoms. The molecule has 1 aliphatic rings. The van der Waals surface area contributed by atoms with E-state index in [1.807, 2.05) is 12.1 Å². The molecule has 1 aromatic heterocycles. The molecule has 23 heavy (non-hydrogen) atoms. The lowest BCUT2D eigenvalue weighted by atomic mass is 10.1. The molecular formula is C17H18FN3O2. The Kier molecular flexibility index (Phi) is 4.83. The molecule has 0 saturated carbocycles. The van der Waals surface area contributed by atoms with Gasteiger partial charge in [-0.3, -0.25) is 4.79 Å². The minimum absolute atomic E-state index is 0.155. The number of anilines is 2. The van der Waals surface area contributed by atoms with Gasteiger partial charge in [0.05, 0.1) is 31.5 Å². The van der Waals surface area contributed by atoms with Crippen LogP contribution < -0.4 is 10.2 Å². The zero-order valence-electron chi connectivity index (χ0n) is 12.7. The Morgan fingerprint density at radius 2 is 1.91 bits per heavy atom. The van der Waals surface area contributed by atoms with Gasteiger partial charge in [0.2, 0.25) is 5.91 Å². The Morgan fingerprint density at radius 1 is 1.17 bits per heavy atom. The third-order valence-corrected chi connectivity index (χ3v) is 3.64. The van der Waals surface area contributed by atoms with Crippen LogP contribution in [0.1, 0.15) is 5.56 Å². The van der Waals surface area contributed by atoms with Crippen molar-refractivity contribution in [3.63, 3.8) is 0 Å². The summed E-state index contributed by atoms with van der Waals surface area (Å²) in [6, 6.07) is 9.63. The highest BCUT2D eigenvalue weighted by Crippen LogP contribution is 2.15. The number of ether oxygens (including phenoxy) is 1. The second-order valence-electron chi connectivity index (χ2n) is 5.36. The minimum Gasteiger partial charge on any atom is -0.378 e. The number of hydrogen-bond donors (Lipinski definition) is 1. The van der Waals surface area contributed by atoms with E-state index in [1.165, 1.54) is 12.1 Å². The Labute approximate surface area is 134 Å². The lowest BCUT2D eigenvalue weighted by Gasteiger charge is -2.27. The van der Waals surface area contributed by atoms with Crippen LogP contribution in [-0.2, 0) is 16.0 Å². The standard InChI is InChI=1S/C17H18FN3O2/c18-14-3-1-13(2-4-14)11-17(22)20-15-5-6-16(19-12-15)21-7-9-23-10-8-21/h1-6,12H,7-11H2,(H,20,22). The lowest BCUT2D eigenvalue weighted by molar-refractivity contribution is -0.115. The van der Waals surface area contributed by atoms with E-state index in [2.05, 4.69) is 15.2 Å². The summed E-state index contributed by atoms with van der Waals surface area (Å²) in [5.41, 5.74) is 1.41. The Morgan fingerprint density at radius 3 is 2.57 bits per heavy atom. The first-order valence-corrected chi connectivity index (χ1v) is 7.54. The van der Waals surface area contributed by atoms with Crippen molar-refractivity contribution in [1.82, 2.24) is 4.98 Å². The molecule has 1 aliphatic heterocycles. The molecule has 1 amide bonds. The first-order chi connectivity index (χ1) is 11.2. The van der Waals surface area contributed by atoms with Crippen molar-refractivity contribution >= 4 is 17.4 Å². The molecule has 0 radical (unpaired) electrons. The molecule has 0 atom stereocenters. The molecule has 6 heteroatoms. The van der Waals surface area contributed by atoms with Crippen LogP contribution in [0.3, 0.4) is 0 Å². The highest BCUT2D eigenvalue weighted by molar-refractivity contribution is 5.92. The van der Waals surface area contributed by atoms with E-state index in [9.17, 15) is 9.18 Å². The summed E-state index contributed by atoms with van der Waals surface area (Å²) >= 11 is 0. The van der Waals surface area contributed by atoms with Gasteiger partial charge < -0.3 is 15.0 Å². The van der Waals surface area contributed by atoms with Crippen molar-refractivity contribution in [2.75, 3.05) is 36.5 Å². The summed E-state index contributed by atoms with van der Waals surface area (Å²) in [5, 5.41) is 2.80. The molecule has 3 rings (SSSR count). The van der Waals surface area contributed by atoms with Gasteiger partial charge in [-0.1, -0.05) is 12.1 Å². The van der Waals surface area contributed by atoms with Crippen molar-refractivity contribution in [3.8, 4) is 0 Å². The van der Waals surface area contributed by atoms with Gasteiger partial charge in [-0.05, 0) is 29.8 Å². The van der Waals surface area contributed by atoms with Gasteiger partial charge in [-0.25, -0.2) is 9.37 Å². The van der Waals surface area contributed by atoms with Crippen molar-refractivity contribution in [1.29, 1.82) is 0 Å². The Balaban J connectivity index is 1.57. The number of halogens is 1. The number of benzene rings is 1. The number of morpholine rings is 1. The van der Waals surface area contributed by atoms with E-state index in [1.54, 1.807) is 18.3 Å². The average Bonchev–Trinajstić information content (AvgIpc) is 2.58. The summed E-state index contributed by atoms with van der Waals surface area (Å²) in [5.74, 6) is 0.416. The number of pyridine rings is 1. The molecule has 2 aromatic rings. The number of aromatic nitrogens is 1. The van der Waals surface area contributed by atoms with Gasteiger partial charge in [-0.15, -0.1) is 0 Å². The van der Waals surface area contributed by atoms with E-state index in [4.69, 9.17) is 4.74 Å². The first-order valence-electron chi connectivity index (χ1n) is 7.54. The van der Waals surface area contributed by atoms with E-state index in [0.717, 1.165) is 24.5 Å². The molecule has 0 aliphatic carbocycles. The van der Waals surface area contributed by atoms with Crippen molar-refractivity contribution in [2.24, 2.45) is 0 Å². The molecular weight excluding hydrogens is 297 g/mol. The van der Waals surface area contributed by atoms with Crippen LogP contribution in [0.15, 0.2) is 42.6 Å². The normalized spacial score (nSPS) is 14.6. The maximum atomic E-state index is 12.8. The Hall–Kier alpha value is -2.47.